The van der Waals surface area contributed by atoms with Crippen LogP contribution in [-0.4, -0.2) is 29.2 Å². The Morgan fingerprint density at radius 3 is 2.87 bits per heavy atom. The molecule has 0 aromatic heterocycles. The van der Waals surface area contributed by atoms with Crippen LogP contribution in [0.2, 0.25) is 0 Å². The van der Waals surface area contributed by atoms with Crippen LogP contribution in [0.5, 0.6) is 11.5 Å². The van der Waals surface area contributed by atoms with Crippen molar-refractivity contribution >= 4 is 0 Å². The first-order chi connectivity index (χ1) is 7.16. The minimum Gasteiger partial charge on any atom is -0.508 e. The quantitative estimate of drug-likeness (QED) is 0.769. The molecule has 1 saturated heterocycles. The van der Waals surface area contributed by atoms with Crippen LogP contribution in [0.3, 0.4) is 0 Å². The molecule has 1 aliphatic rings. The molecule has 0 radical (unpaired) electrons. The maximum Gasteiger partial charge on any atom is 0.226 e. The number of hydrogen-bond donors (Lipinski definition) is 2. The molecule has 1 aromatic rings. The molecule has 1 aliphatic heterocycles. The summed E-state index contributed by atoms with van der Waals surface area (Å²) in [6.45, 7) is 2.30. The SMILES string of the molecule is Cc1cc(OC2OCCC2O)ccc1O. The average Bonchev–Trinajstić information content (AvgIpc) is 2.59. The van der Waals surface area contributed by atoms with Gasteiger partial charge in [0.2, 0.25) is 6.29 Å². The standard InChI is InChI=1S/C11H14O4/c1-7-6-8(2-3-9(7)12)15-11-10(13)4-5-14-11/h2-3,6,10-13H,4-5H2,1H3. The molecule has 0 amide bonds. The molecule has 0 saturated carbocycles. The normalized spacial score (nSPS) is 25.5. The molecule has 0 aliphatic carbocycles. The molecule has 2 N–H and O–H groups in total. The second kappa shape index (κ2) is 4.08. The minimum absolute atomic E-state index is 0.232. The number of ether oxygens (including phenoxy) is 2. The summed E-state index contributed by atoms with van der Waals surface area (Å²) in [7, 11) is 0. The van der Waals surface area contributed by atoms with Crippen LogP contribution in [0.1, 0.15) is 12.0 Å². The molecule has 2 unspecified atom stereocenters. The first-order valence-corrected chi connectivity index (χ1v) is 4.93. The summed E-state index contributed by atoms with van der Waals surface area (Å²) in [6.07, 6.45) is -0.560. The summed E-state index contributed by atoms with van der Waals surface area (Å²) >= 11 is 0. The Hall–Kier alpha value is -1.26. The van der Waals surface area contributed by atoms with Crippen LogP contribution in [0.25, 0.3) is 0 Å². The zero-order valence-corrected chi connectivity index (χ0v) is 8.51. The fourth-order valence-electron chi connectivity index (χ4n) is 1.50. The van der Waals surface area contributed by atoms with E-state index >= 15 is 0 Å². The van der Waals surface area contributed by atoms with E-state index in [0.29, 0.717) is 18.8 Å². The van der Waals surface area contributed by atoms with Gasteiger partial charge in [0.05, 0.1) is 6.61 Å². The Balaban J connectivity index is 2.07. The van der Waals surface area contributed by atoms with E-state index in [9.17, 15) is 10.2 Å². The number of phenolic OH excluding ortho intramolecular Hbond substituents is 1. The summed E-state index contributed by atoms with van der Waals surface area (Å²) in [6, 6.07) is 4.92. The molecule has 1 fully saturated rings. The van der Waals surface area contributed by atoms with E-state index in [1.807, 2.05) is 0 Å². The minimum atomic E-state index is -0.589. The van der Waals surface area contributed by atoms with Crippen LogP contribution in [-0.2, 0) is 4.74 Å². The first-order valence-electron chi connectivity index (χ1n) is 4.93. The molecular weight excluding hydrogens is 196 g/mol. The molecular formula is C11H14O4. The van der Waals surface area contributed by atoms with Gasteiger partial charge in [0.25, 0.3) is 0 Å². The van der Waals surface area contributed by atoms with E-state index in [2.05, 4.69) is 0 Å². The first kappa shape index (κ1) is 10.3. The van der Waals surface area contributed by atoms with Crippen molar-refractivity contribution < 1.29 is 19.7 Å². The third kappa shape index (κ3) is 2.22. The molecule has 1 aromatic carbocycles. The third-order valence-electron chi connectivity index (χ3n) is 2.43. The number of benzene rings is 1. The zero-order valence-electron chi connectivity index (χ0n) is 8.51. The number of aliphatic hydroxyl groups is 1. The fourth-order valence-corrected chi connectivity index (χ4v) is 1.50. The van der Waals surface area contributed by atoms with Crippen LogP contribution in [0.4, 0.5) is 0 Å². The average molecular weight is 210 g/mol. The van der Waals surface area contributed by atoms with Crippen molar-refractivity contribution in [2.75, 3.05) is 6.61 Å². The summed E-state index contributed by atoms with van der Waals surface area (Å²) in [5.41, 5.74) is 0.736. The van der Waals surface area contributed by atoms with Gasteiger partial charge in [-0.05, 0) is 30.7 Å². The summed E-state index contributed by atoms with van der Waals surface area (Å²) in [5, 5.41) is 18.8. The highest BCUT2D eigenvalue weighted by atomic mass is 16.7. The van der Waals surface area contributed by atoms with Crippen molar-refractivity contribution in [3.63, 3.8) is 0 Å². The lowest BCUT2D eigenvalue weighted by Crippen LogP contribution is -2.27. The van der Waals surface area contributed by atoms with Gasteiger partial charge < -0.3 is 19.7 Å². The number of aryl methyl sites for hydroxylation is 1. The predicted octanol–water partition coefficient (Wildman–Crippen LogP) is 1.19. The summed E-state index contributed by atoms with van der Waals surface area (Å²) < 4.78 is 10.6. The van der Waals surface area contributed by atoms with Crippen LogP contribution < -0.4 is 4.74 Å². The van der Waals surface area contributed by atoms with Crippen molar-refractivity contribution in [2.24, 2.45) is 0 Å². The molecule has 4 nitrogen and oxygen atoms in total. The number of aromatic hydroxyl groups is 1. The molecule has 2 atom stereocenters. The Morgan fingerprint density at radius 1 is 1.47 bits per heavy atom. The highest BCUT2D eigenvalue weighted by Gasteiger charge is 2.27. The molecule has 4 heteroatoms. The van der Waals surface area contributed by atoms with Crippen molar-refractivity contribution in [2.45, 2.75) is 25.7 Å². The van der Waals surface area contributed by atoms with E-state index in [1.54, 1.807) is 25.1 Å². The number of hydrogen-bond acceptors (Lipinski definition) is 4. The predicted molar refractivity (Wildman–Crippen MR) is 53.8 cm³/mol. The Morgan fingerprint density at radius 2 is 2.27 bits per heavy atom. The maximum absolute atomic E-state index is 9.47. The fraction of sp³-hybridized carbons (Fsp3) is 0.455. The highest BCUT2D eigenvalue weighted by molar-refractivity contribution is 5.38. The van der Waals surface area contributed by atoms with E-state index < -0.39 is 12.4 Å². The van der Waals surface area contributed by atoms with Gasteiger partial charge in [0, 0.05) is 6.42 Å². The highest BCUT2D eigenvalue weighted by Crippen LogP contribution is 2.25. The molecule has 0 spiro atoms. The van der Waals surface area contributed by atoms with E-state index in [-0.39, 0.29) is 5.75 Å². The van der Waals surface area contributed by atoms with Crippen LogP contribution in [0, 0.1) is 6.92 Å². The lowest BCUT2D eigenvalue weighted by Gasteiger charge is -2.16. The second-order valence-corrected chi connectivity index (χ2v) is 3.66. The monoisotopic (exact) mass is 210 g/mol. The molecule has 0 bridgehead atoms. The van der Waals surface area contributed by atoms with Gasteiger partial charge in [0.1, 0.15) is 17.6 Å². The zero-order chi connectivity index (χ0) is 10.8. The summed E-state index contributed by atoms with van der Waals surface area (Å²) in [4.78, 5) is 0. The topological polar surface area (TPSA) is 58.9 Å². The lowest BCUT2D eigenvalue weighted by atomic mass is 10.2. The lowest BCUT2D eigenvalue weighted by molar-refractivity contribution is -0.0891. The Kier molecular flexibility index (Phi) is 2.79. The Bertz CT molecular complexity index is 350. The van der Waals surface area contributed by atoms with E-state index in [4.69, 9.17) is 9.47 Å². The van der Waals surface area contributed by atoms with E-state index in [1.165, 1.54) is 0 Å². The van der Waals surface area contributed by atoms with Gasteiger partial charge in [0.15, 0.2) is 0 Å². The van der Waals surface area contributed by atoms with Crippen LogP contribution in [0.15, 0.2) is 18.2 Å². The molecule has 15 heavy (non-hydrogen) atoms. The van der Waals surface area contributed by atoms with Crippen molar-refractivity contribution in [1.29, 1.82) is 0 Å². The van der Waals surface area contributed by atoms with Gasteiger partial charge in [-0.3, -0.25) is 0 Å². The molecule has 1 heterocycles. The van der Waals surface area contributed by atoms with Crippen LogP contribution >= 0.6 is 0 Å². The van der Waals surface area contributed by atoms with Gasteiger partial charge in [-0.1, -0.05) is 0 Å². The third-order valence-corrected chi connectivity index (χ3v) is 2.43. The maximum atomic E-state index is 9.47. The van der Waals surface area contributed by atoms with Crippen molar-refractivity contribution in [1.82, 2.24) is 0 Å². The number of rotatable bonds is 2. The van der Waals surface area contributed by atoms with Gasteiger partial charge in [-0.2, -0.15) is 0 Å². The van der Waals surface area contributed by atoms with Gasteiger partial charge in [-0.25, -0.2) is 0 Å². The summed E-state index contributed by atoms with van der Waals surface area (Å²) in [5.74, 6) is 0.825. The van der Waals surface area contributed by atoms with Crippen molar-refractivity contribution in [3.05, 3.63) is 23.8 Å². The number of aliphatic hydroxyl groups excluding tert-OH is 1. The van der Waals surface area contributed by atoms with E-state index in [0.717, 1.165) is 5.56 Å². The largest absolute Gasteiger partial charge is 0.508 e. The smallest absolute Gasteiger partial charge is 0.226 e. The Labute approximate surface area is 88.1 Å². The molecule has 2 rings (SSSR count). The molecule has 82 valence electrons. The van der Waals surface area contributed by atoms with Gasteiger partial charge in [-0.15, -0.1) is 0 Å². The number of phenols is 1. The second-order valence-electron chi connectivity index (χ2n) is 3.66. The van der Waals surface area contributed by atoms with Gasteiger partial charge >= 0.3 is 0 Å². The van der Waals surface area contributed by atoms with Crippen molar-refractivity contribution in [3.8, 4) is 11.5 Å².